The summed E-state index contributed by atoms with van der Waals surface area (Å²) >= 11 is 1.31. The van der Waals surface area contributed by atoms with Crippen molar-refractivity contribution in [1.29, 1.82) is 0 Å². The zero-order valence-electron chi connectivity index (χ0n) is 16.7. The average Bonchev–Trinajstić information content (AvgIpc) is 3.12. The number of hydrogen-bond donors (Lipinski definition) is 1. The van der Waals surface area contributed by atoms with Gasteiger partial charge >= 0.3 is 5.97 Å². The van der Waals surface area contributed by atoms with Crippen molar-refractivity contribution >= 4 is 33.1 Å². The maximum atomic E-state index is 12.3. The summed E-state index contributed by atoms with van der Waals surface area (Å²) in [5, 5.41) is 0. The molecule has 1 aliphatic rings. The molecule has 6 nitrogen and oxygen atoms in total. The predicted molar refractivity (Wildman–Crippen MR) is 111 cm³/mol. The molecular weight excluding hydrogens is 398 g/mol. The van der Waals surface area contributed by atoms with Gasteiger partial charge in [0.05, 0.1) is 17.1 Å². The Hall–Kier alpha value is -1.25. The normalized spacial score (nSPS) is 20.1. The van der Waals surface area contributed by atoms with Gasteiger partial charge in [-0.15, -0.1) is 11.3 Å². The van der Waals surface area contributed by atoms with Gasteiger partial charge in [0.1, 0.15) is 0 Å². The Morgan fingerprint density at radius 2 is 1.93 bits per heavy atom. The molecular formula is C20H31NO5S2. The summed E-state index contributed by atoms with van der Waals surface area (Å²) in [5.41, 5.74) is 0. The third kappa shape index (κ3) is 8.01. The number of carbonyl (C=O) groups is 2. The van der Waals surface area contributed by atoms with E-state index in [0.29, 0.717) is 17.8 Å². The van der Waals surface area contributed by atoms with Crippen LogP contribution in [0.4, 0.5) is 0 Å². The van der Waals surface area contributed by atoms with Gasteiger partial charge in [0.2, 0.25) is 15.8 Å². The van der Waals surface area contributed by atoms with Crippen molar-refractivity contribution in [2.45, 2.75) is 58.3 Å². The van der Waals surface area contributed by atoms with Crippen LogP contribution >= 0.6 is 11.3 Å². The maximum absolute atomic E-state index is 12.3. The molecule has 28 heavy (non-hydrogen) atoms. The van der Waals surface area contributed by atoms with Crippen molar-refractivity contribution in [3.8, 4) is 0 Å². The lowest BCUT2D eigenvalue weighted by Gasteiger charge is -2.27. The molecule has 158 valence electrons. The Morgan fingerprint density at radius 3 is 2.57 bits per heavy atom. The maximum Gasteiger partial charge on any atom is 0.309 e. The summed E-state index contributed by atoms with van der Waals surface area (Å²) in [4.78, 5) is 26.0. The number of nitrogens with one attached hydrogen (secondary N) is 1. The van der Waals surface area contributed by atoms with Crippen LogP contribution in [-0.2, 0) is 26.0 Å². The largest absolute Gasteiger partial charge is 0.457 e. The number of thiophene rings is 1. The molecule has 1 aliphatic carbocycles. The standard InChI is InChI=1S/C20H31NO5S2/c1-3-4-5-15-6-8-16(9-7-15)20(23)26-14-18(22)19-11-10-17(27-19)12-13-21-28(2,24)25/h10-11,15-16,21H,3-9,12-14H2,1-2H3. The van der Waals surface area contributed by atoms with Crippen molar-refractivity contribution in [2.24, 2.45) is 11.8 Å². The number of hydrogen-bond acceptors (Lipinski definition) is 6. The van der Waals surface area contributed by atoms with Gasteiger partial charge in [0.25, 0.3) is 0 Å². The Kier molecular flexibility index (Phi) is 9.11. The Bertz CT molecular complexity index is 748. The molecule has 1 N–H and O–H groups in total. The quantitative estimate of drug-likeness (QED) is 0.429. The first-order valence-corrected chi connectivity index (χ1v) is 12.7. The Balaban J connectivity index is 1.71. The Morgan fingerprint density at radius 1 is 1.21 bits per heavy atom. The molecule has 0 amide bonds. The van der Waals surface area contributed by atoms with Crippen LogP contribution in [0.5, 0.6) is 0 Å². The van der Waals surface area contributed by atoms with E-state index in [4.69, 9.17) is 4.74 Å². The van der Waals surface area contributed by atoms with Gasteiger partial charge in [-0.25, -0.2) is 13.1 Å². The van der Waals surface area contributed by atoms with Gasteiger partial charge in [-0.1, -0.05) is 26.2 Å². The molecule has 0 aliphatic heterocycles. The van der Waals surface area contributed by atoms with Crippen LogP contribution in [0, 0.1) is 11.8 Å². The van der Waals surface area contributed by atoms with Crippen molar-refractivity contribution in [3.63, 3.8) is 0 Å². The van der Waals surface area contributed by atoms with Crippen molar-refractivity contribution in [1.82, 2.24) is 4.72 Å². The Labute approximate surface area is 172 Å². The molecule has 1 saturated carbocycles. The van der Waals surface area contributed by atoms with Crippen LogP contribution in [0.2, 0.25) is 0 Å². The first-order valence-electron chi connectivity index (χ1n) is 10.0. The van der Waals surface area contributed by atoms with E-state index in [0.717, 1.165) is 42.7 Å². The van der Waals surface area contributed by atoms with E-state index in [1.807, 2.05) is 0 Å². The average molecular weight is 430 g/mol. The van der Waals surface area contributed by atoms with Crippen molar-refractivity contribution in [2.75, 3.05) is 19.4 Å². The predicted octanol–water partition coefficient (Wildman–Crippen LogP) is 3.56. The first-order chi connectivity index (χ1) is 13.3. The van der Waals surface area contributed by atoms with E-state index in [1.165, 1.54) is 30.6 Å². The summed E-state index contributed by atoms with van der Waals surface area (Å²) < 4.78 is 29.8. The second kappa shape index (κ2) is 11.1. The number of carbonyl (C=O) groups excluding carboxylic acids is 2. The van der Waals surface area contributed by atoms with E-state index in [1.54, 1.807) is 12.1 Å². The smallest absolute Gasteiger partial charge is 0.309 e. The number of unbranched alkanes of at least 4 members (excludes halogenated alkanes) is 1. The fourth-order valence-corrected chi connectivity index (χ4v) is 4.93. The zero-order chi connectivity index (χ0) is 20.6. The number of Topliss-reactive ketones (excluding diaryl/α,β-unsaturated/α-hetero) is 1. The van der Waals surface area contributed by atoms with Gasteiger partial charge in [-0.3, -0.25) is 9.59 Å². The minimum atomic E-state index is -3.21. The molecule has 0 bridgehead atoms. The van der Waals surface area contributed by atoms with Crippen molar-refractivity contribution < 1.29 is 22.7 Å². The second-order valence-corrected chi connectivity index (χ2v) is 10.6. The van der Waals surface area contributed by atoms with E-state index in [-0.39, 0.29) is 24.3 Å². The van der Waals surface area contributed by atoms with Gasteiger partial charge < -0.3 is 4.74 Å². The lowest BCUT2D eigenvalue weighted by atomic mass is 9.80. The highest BCUT2D eigenvalue weighted by Crippen LogP contribution is 2.32. The number of rotatable bonds is 11. The van der Waals surface area contributed by atoms with E-state index in [9.17, 15) is 18.0 Å². The topological polar surface area (TPSA) is 89.5 Å². The molecule has 0 saturated heterocycles. The van der Waals surface area contributed by atoms with Crippen molar-refractivity contribution in [3.05, 3.63) is 21.9 Å². The van der Waals surface area contributed by atoms with Gasteiger partial charge in [0.15, 0.2) is 6.61 Å². The molecule has 1 aromatic rings. The van der Waals surface area contributed by atoms with Crippen LogP contribution in [0.3, 0.4) is 0 Å². The molecule has 0 unspecified atom stereocenters. The van der Waals surface area contributed by atoms with E-state index < -0.39 is 10.0 Å². The third-order valence-electron chi connectivity index (χ3n) is 5.16. The minimum absolute atomic E-state index is 0.0772. The number of sulfonamides is 1. The molecule has 1 fully saturated rings. The highest BCUT2D eigenvalue weighted by molar-refractivity contribution is 7.88. The van der Waals surface area contributed by atoms with Gasteiger partial charge in [0, 0.05) is 11.4 Å². The summed E-state index contributed by atoms with van der Waals surface area (Å²) in [7, 11) is -3.21. The molecule has 0 spiro atoms. The van der Waals surface area contributed by atoms with Crippen LogP contribution < -0.4 is 4.72 Å². The number of ketones is 1. The van der Waals surface area contributed by atoms with E-state index >= 15 is 0 Å². The van der Waals surface area contributed by atoms with Crippen LogP contribution in [0.15, 0.2) is 12.1 Å². The summed E-state index contributed by atoms with van der Waals surface area (Å²) in [6.45, 7) is 2.27. The minimum Gasteiger partial charge on any atom is -0.457 e. The molecule has 0 radical (unpaired) electrons. The monoisotopic (exact) mass is 429 g/mol. The zero-order valence-corrected chi connectivity index (χ0v) is 18.4. The summed E-state index contributed by atoms with van der Waals surface area (Å²) in [5.74, 6) is 0.188. The number of ether oxygens (including phenoxy) is 1. The molecule has 2 rings (SSSR count). The lowest BCUT2D eigenvalue weighted by Crippen LogP contribution is -2.25. The lowest BCUT2D eigenvalue weighted by molar-refractivity contribution is -0.148. The third-order valence-corrected chi connectivity index (χ3v) is 7.08. The molecule has 0 aromatic carbocycles. The SMILES string of the molecule is CCCCC1CCC(C(=O)OCC(=O)c2ccc(CCNS(C)(=O)=O)s2)CC1. The number of esters is 1. The highest BCUT2D eigenvalue weighted by atomic mass is 32.2. The van der Waals surface area contributed by atoms with Crippen LogP contribution in [0.25, 0.3) is 0 Å². The molecule has 1 aromatic heterocycles. The van der Waals surface area contributed by atoms with Gasteiger partial charge in [-0.05, 0) is 50.2 Å². The summed E-state index contributed by atoms with van der Waals surface area (Å²) in [6, 6.07) is 3.51. The first kappa shape index (κ1) is 23.0. The molecule has 1 heterocycles. The molecule has 8 heteroatoms. The fraction of sp³-hybridized carbons (Fsp3) is 0.700. The van der Waals surface area contributed by atoms with Crippen LogP contribution in [0.1, 0.15) is 66.4 Å². The molecule has 0 atom stereocenters. The van der Waals surface area contributed by atoms with E-state index in [2.05, 4.69) is 11.6 Å². The second-order valence-electron chi connectivity index (χ2n) is 7.57. The van der Waals surface area contributed by atoms with Crippen LogP contribution in [-0.4, -0.2) is 39.6 Å². The highest BCUT2D eigenvalue weighted by Gasteiger charge is 2.27. The summed E-state index contributed by atoms with van der Waals surface area (Å²) in [6.07, 6.45) is 9.21. The fourth-order valence-electron chi connectivity index (χ4n) is 3.53. The van der Waals surface area contributed by atoms with Gasteiger partial charge in [-0.2, -0.15) is 0 Å².